The third-order valence-corrected chi connectivity index (χ3v) is 3.65. The van der Waals surface area contributed by atoms with Crippen LogP contribution in [0.4, 0.5) is 11.8 Å². The molecule has 0 saturated carbocycles. The lowest BCUT2D eigenvalue weighted by atomic mass is 10.2. The van der Waals surface area contributed by atoms with E-state index >= 15 is 0 Å². The smallest absolute Gasteiger partial charge is 0.239 e. The van der Waals surface area contributed by atoms with Crippen LogP contribution >= 0.6 is 0 Å². The summed E-state index contributed by atoms with van der Waals surface area (Å²) in [6, 6.07) is 7.12. The average molecular weight is 313 g/mol. The van der Waals surface area contributed by atoms with Crippen molar-refractivity contribution < 1.29 is 4.79 Å². The highest BCUT2D eigenvalue weighted by Crippen LogP contribution is 2.13. The second kappa shape index (κ2) is 7.01. The maximum atomic E-state index is 12.3. The number of rotatable bonds is 4. The predicted octanol–water partition coefficient (Wildman–Crippen LogP) is -0.452. The molecule has 23 heavy (non-hydrogen) atoms. The van der Waals surface area contributed by atoms with Crippen LogP contribution in [0.25, 0.3) is 0 Å². The molecule has 0 aliphatic carbocycles. The zero-order valence-corrected chi connectivity index (χ0v) is 12.6. The quantitative estimate of drug-likeness (QED) is 0.701. The molecule has 120 valence electrons. The Bertz CT molecular complexity index is 664. The molecule has 1 aliphatic heterocycles. The van der Waals surface area contributed by atoms with Gasteiger partial charge in [-0.3, -0.25) is 9.78 Å². The Balaban J connectivity index is 1.58. The molecule has 3 heterocycles. The highest BCUT2D eigenvalue weighted by Gasteiger charge is 2.26. The van der Waals surface area contributed by atoms with Gasteiger partial charge in [-0.2, -0.15) is 4.98 Å². The van der Waals surface area contributed by atoms with Crippen LogP contribution in [0.5, 0.6) is 0 Å². The number of carbonyl (C=O) groups is 1. The summed E-state index contributed by atoms with van der Waals surface area (Å²) in [4.78, 5) is 26.6. The number of hydrogen-bond acceptors (Lipinski definition) is 7. The molecule has 2 aromatic heterocycles. The van der Waals surface area contributed by atoms with Gasteiger partial charge in [0.2, 0.25) is 11.9 Å². The lowest BCUT2D eigenvalue weighted by molar-refractivity contribution is -0.123. The zero-order valence-electron chi connectivity index (χ0n) is 12.6. The van der Waals surface area contributed by atoms with E-state index in [2.05, 4.69) is 25.6 Å². The van der Waals surface area contributed by atoms with E-state index in [1.54, 1.807) is 18.5 Å². The minimum absolute atomic E-state index is 0.0534. The molecule has 0 unspecified atom stereocenters. The number of nitrogens with one attached hydrogen (secondary N) is 2. The fraction of sp³-hybridized carbons (Fsp3) is 0.333. The summed E-state index contributed by atoms with van der Waals surface area (Å²) in [6.45, 7) is 2.41. The van der Waals surface area contributed by atoms with Crippen LogP contribution in [0.1, 0.15) is 5.69 Å². The lowest BCUT2D eigenvalue weighted by Crippen LogP contribution is -2.57. The van der Waals surface area contributed by atoms with E-state index in [4.69, 9.17) is 5.73 Å². The molecule has 2 aromatic rings. The van der Waals surface area contributed by atoms with Crippen molar-refractivity contribution in [3.05, 3.63) is 42.4 Å². The summed E-state index contributed by atoms with van der Waals surface area (Å²) >= 11 is 0. The molecule has 8 nitrogen and oxygen atoms in total. The second-order valence-corrected chi connectivity index (χ2v) is 5.26. The normalized spacial score (nSPS) is 17.7. The largest absolute Gasteiger partial charge is 0.368 e. The van der Waals surface area contributed by atoms with Crippen LogP contribution in [0.3, 0.4) is 0 Å². The summed E-state index contributed by atoms with van der Waals surface area (Å²) in [7, 11) is 0. The molecule has 1 amide bonds. The molecular formula is C15H19N7O. The third-order valence-electron chi connectivity index (χ3n) is 3.65. The maximum absolute atomic E-state index is 12.3. The van der Waals surface area contributed by atoms with Crippen molar-refractivity contribution in [1.82, 2.24) is 25.6 Å². The molecule has 0 spiro atoms. The summed E-state index contributed by atoms with van der Waals surface area (Å²) in [5.41, 5.74) is 6.45. The van der Waals surface area contributed by atoms with Gasteiger partial charge in [-0.05, 0) is 18.2 Å². The predicted molar refractivity (Wildman–Crippen MR) is 86.5 cm³/mol. The number of nitrogens with two attached hydrogens (primary N) is 1. The van der Waals surface area contributed by atoms with Gasteiger partial charge >= 0.3 is 0 Å². The number of pyridine rings is 1. The summed E-state index contributed by atoms with van der Waals surface area (Å²) in [6.07, 6.45) is 3.33. The summed E-state index contributed by atoms with van der Waals surface area (Å²) in [5, 5.41) is 6.12. The van der Waals surface area contributed by atoms with Crippen molar-refractivity contribution >= 4 is 17.7 Å². The molecule has 1 aliphatic rings. The molecule has 4 N–H and O–H groups in total. The molecule has 0 aromatic carbocycles. The van der Waals surface area contributed by atoms with Gasteiger partial charge in [0.05, 0.1) is 12.2 Å². The molecule has 3 rings (SSSR count). The van der Waals surface area contributed by atoms with Crippen molar-refractivity contribution in [3.63, 3.8) is 0 Å². The Labute approximate surface area is 134 Å². The van der Waals surface area contributed by atoms with Gasteiger partial charge < -0.3 is 21.3 Å². The number of hydrogen-bond donors (Lipinski definition) is 3. The first-order valence-corrected chi connectivity index (χ1v) is 7.47. The molecule has 1 atom stereocenters. The van der Waals surface area contributed by atoms with Gasteiger partial charge in [-0.15, -0.1) is 0 Å². The number of aromatic nitrogens is 3. The Morgan fingerprint density at radius 3 is 3.04 bits per heavy atom. The Morgan fingerprint density at radius 2 is 2.26 bits per heavy atom. The standard InChI is InChI=1S/C15H19N7O/c16-15-19-6-4-13(21-15)22-8-7-18-12(10-22)14(23)20-9-11-3-1-2-5-17-11/h1-6,12,18H,7-10H2,(H,20,23)(H2,16,19,21)/t12-/m0/s1. The SMILES string of the molecule is Nc1nccc(N2CCN[C@H](C(=O)NCc3ccccn3)C2)n1. The first-order chi connectivity index (χ1) is 11.2. The maximum Gasteiger partial charge on any atom is 0.239 e. The molecule has 0 radical (unpaired) electrons. The second-order valence-electron chi connectivity index (χ2n) is 5.26. The minimum atomic E-state index is -0.302. The summed E-state index contributed by atoms with van der Waals surface area (Å²) < 4.78 is 0. The van der Waals surface area contributed by atoms with Crippen LogP contribution in [-0.4, -0.2) is 46.5 Å². The van der Waals surface area contributed by atoms with Crippen molar-refractivity contribution in [2.24, 2.45) is 0 Å². The van der Waals surface area contributed by atoms with Crippen molar-refractivity contribution in [2.75, 3.05) is 30.3 Å². The number of nitrogen functional groups attached to an aromatic ring is 1. The molecule has 1 fully saturated rings. The van der Waals surface area contributed by atoms with Crippen molar-refractivity contribution in [2.45, 2.75) is 12.6 Å². The molecule has 8 heteroatoms. The van der Waals surface area contributed by atoms with Gasteiger partial charge in [-0.1, -0.05) is 6.07 Å². The van der Waals surface area contributed by atoms with E-state index in [1.807, 2.05) is 23.1 Å². The van der Waals surface area contributed by atoms with Crippen LogP contribution < -0.4 is 21.3 Å². The van der Waals surface area contributed by atoms with Gasteiger partial charge in [0.1, 0.15) is 11.9 Å². The topological polar surface area (TPSA) is 109 Å². The molecular weight excluding hydrogens is 294 g/mol. The number of nitrogens with zero attached hydrogens (tertiary/aromatic N) is 4. The van der Waals surface area contributed by atoms with E-state index in [0.717, 1.165) is 18.1 Å². The van der Waals surface area contributed by atoms with E-state index in [1.165, 1.54) is 0 Å². The fourth-order valence-corrected chi connectivity index (χ4v) is 2.48. The molecule has 1 saturated heterocycles. The first kappa shape index (κ1) is 15.2. The lowest BCUT2D eigenvalue weighted by Gasteiger charge is -2.33. The Morgan fingerprint density at radius 1 is 1.35 bits per heavy atom. The number of amides is 1. The minimum Gasteiger partial charge on any atom is -0.368 e. The highest BCUT2D eigenvalue weighted by molar-refractivity contribution is 5.82. The number of anilines is 2. The number of carbonyl (C=O) groups excluding carboxylic acids is 1. The van der Waals surface area contributed by atoms with Gasteiger partial charge in [0.15, 0.2) is 0 Å². The van der Waals surface area contributed by atoms with Crippen molar-refractivity contribution in [3.8, 4) is 0 Å². The van der Waals surface area contributed by atoms with Gasteiger partial charge in [0.25, 0.3) is 0 Å². The summed E-state index contributed by atoms with van der Waals surface area (Å²) in [5.74, 6) is 0.918. The first-order valence-electron chi connectivity index (χ1n) is 7.47. The number of piperazine rings is 1. The van der Waals surface area contributed by atoms with Crippen LogP contribution in [0, 0.1) is 0 Å². The van der Waals surface area contributed by atoms with E-state index in [0.29, 0.717) is 19.6 Å². The zero-order chi connectivity index (χ0) is 16.1. The van der Waals surface area contributed by atoms with Gasteiger partial charge in [-0.25, -0.2) is 4.98 Å². The van der Waals surface area contributed by atoms with E-state index < -0.39 is 0 Å². The van der Waals surface area contributed by atoms with Gasteiger partial charge in [0, 0.05) is 32.0 Å². The Hall–Kier alpha value is -2.74. The van der Waals surface area contributed by atoms with Crippen LogP contribution in [0.2, 0.25) is 0 Å². The third kappa shape index (κ3) is 3.92. The molecule has 0 bridgehead atoms. The average Bonchev–Trinajstić information content (AvgIpc) is 2.61. The monoisotopic (exact) mass is 313 g/mol. The van der Waals surface area contributed by atoms with Crippen LogP contribution in [-0.2, 0) is 11.3 Å². The van der Waals surface area contributed by atoms with Crippen LogP contribution in [0.15, 0.2) is 36.7 Å². The fourth-order valence-electron chi connectivity index (χ4n) is 2.48. The van der Waals surface area contributed by atoms with E-state index in [9.17, 15) is 4.79 Å². The van der Waals surface area contributed by atoms with Crippen molar-refractivity contribution in [1.29, 1.82) is 0 Å². The highest BCUT2D eigenvalue weighted by atomic mass is 16.2. The Kier molecular flexibility index (Phi) is 4.62. The van der Waals surface area contributed by atoms with E-state index in [-0.39, 0.29) is 17.9 Å².